The second-order valence-corrected chi connectivity index (χ2v) is 6.01. The molecule has 3 fully saturated rings. The lowest BCUT2D eigenvalue weighted by Gasteiger charge is -2.45. The fourth-order valence-corrected chi connectivity index (χ4v) is 4.02. The second-order valence-electron chi connectivity index (χ2n) is 6.01. The van der Waals surface area contributed by atoms with Gasteiger partial charge in [0.05, 0.1) is 17.8 Å². The van der Waals surface area contributed by atoms with Crippen LogP contribution in [0.1, 0.15) is 24.4 Å². The molecule has 5 nitrogen and oxygen atoms in total. The van der Waals surface area contributed by atoms with Gasteiger partial charge in [0.25, 0.3) is 0 Å². The zero-order chi connectivity index (χ0) is 13.1. The summed E-state index contributed by atoms with van der Waals surface area (Å²) in [4.78, 5) is 2.58. The number of fused-ring (bicyclic) bond motifs is 3. The van der Waals surface area contributed by atoms with Crippen molar-refractivity contribution in [2.24, 2.45) is 11.0 Å². The Kier molecular flexibility index (Phi) is 2.13. The highest BCUT2D eigenvalue weighted by Crippen LogP contribution is 2.41. The quantitative estimate of drug-likeness (QED) is 0.841. The molecular formula is C15H17N3O2. The van der Waals surface area contributed by atoms with Crippen LogP contribution in [-0.2, 0) is 0 Å². The van der Waals surface area contributed by atoms with E-state index >= 15 is 0 Å². The summed E-state index contributed by atoms with van der Waals surface area (Å²) in [5.41, 5.74) is 5.96. The van der Waals surface area contributed by atoms with Crippen molar-refractivity contribution in [1.82, 2.24) is 10.3 Å². The number of nitrogens with one attached hydrogen (secondary N) is 1. The largest absolute Gasteiger partial charge is 0.454 e. The van der Waals surface area contributed by atoms with Crippen LogP contribution in [0.5, 0.6) is 11.5 Å². The van der Waals surface area contributed by atoms with Crippen molar-refractivity contribution in [3.63, 3.8) is 0 Å². The smallest absolute Gasteiger partial charge is 0.231 e. The van der Waals surface area contributed by atoms with Crippen LogP contribution in [0.15, 0.2) is 23.3 Å². The summed E-state index contributed by atoms with van der Waals surface area (Å²) in [6.07, 6.45) is 2.54. The molecule has 1 aromatic carbocycles. The van der Waals surface area contributed by atoms with Crippen molar-refractivity contribution in [3.8, 4) is 11.5 Å². The lowest BCUT2D eigenvalue weighted by atomic mass is 9.78. The van der Waals surface area contributed by atoms with Gasteiger partial charge in [-0.05, 0) is 43.6 Å². The predicted molar refractivity (Wildman–Crippen MR) is 74.0 cm³/mol. The summed E-state index contributed by atoms with van der Waals surface area (Å²) in [5, 5.41) is 4.64. The first kappa shape index (κ1) is 11.0. The number of hydrazone groups is 1. The highest BCUT2D eigenvalue weighted by molar-refractivity contribution is 5.95. The van der Waals surface area contributed by atoms with Gasteiger partial charge in [0.15, 0.2) is 11.5 Å². The Morgan fingerprint density at radius 2 is 2.00 bits per heavy atom. The highest BCUT2D eigenvalue weighted by Gasteiger charge is 2.46. The molecule has 0 unspecified atom stereocenters. The summed E-state index contributed by atoms with van der Waals surface area (Å²) in [7, 11) is 0. The molecule has 6 rings (SSSR count). The summed E-state index contributed by atoms with van der Waals surface area (Å²) >= 11 is 0. The Balaban J connectivity index is 1.51. The molecular weight excluding hydrogens is 254 g/mol. The van der Waals surface area contributed by atoms with Crippen molar-refractivity contribution >= 4 is 5.71 Å². The Morgan fingerprint density at radius 1 is 1.15 bits per heavy atom. The van der Waals surface area contributed by atoms with Crippen LogP contribution < -0.4 is 14.9 Å². The number of hydrogen-bond donors (Lipinski definition) is 1. The zero-order valence-electron chi connectivity index (χ0n) is 11.2. The van der Waals surface area contributed by atoms with Crippen molar-refractivity contribution in [3.05, 3.63) is 23.8 Å². The molecule has 1 N–H and O–H groups in total. The third-order valence-corrected chi connectivity index (χ3v) is 5.05. The van der Waals surface area contributed by atoms with Crippen LogP contribution in [0.3, 0.4) is 0 Å². The number of rotatable bonds is 1. The monoisotopic (exact) mass is 271 g/mol. The highest BCUT2D eigenvalue weighted by atomic mass is 16.7. The molecule has 3 saturated heterocycles. The molecule has 2 atom stereocenters. The first-order valence-corrected chi connectivity index (χ1v) is 7.37. The molecule has 1 aromatic rings. The minimum absolute atomic E-state index is 0.252. The fraction of sp³-hybridized carbons (Fsp3) is 0.533. The van der Waals surface area contributed by atoms with Crippen LogP contribution in [0.4, 0.5) is 0 Å². The lowest BCUT2D eigenvalue weighted by Crippen LogP contribution is -2.56. The van der Waals surface area contributed by atoms with Crippen LogP contribution in [0.2, 0.25) is 0 Å². The molecule has 0 aromatic heterocycles. The maximum atomic E-state index is 5.50. The standard InChI is InChI=1S/C15H17N3O2/c1-2-11-12(20-8-19-11)7-10(1)14-15-13(16-17-14)9-3-5-18(15)6-4-9/h1-2,7,9,14-15,17H,3-6,8H2/t14-,15-/m0/s1. The van der Waals surface area contributed by atoms with E-state index in [0.29, 0.717) is 18.8 Å². The number of ether oxygens (including phenoxy) is 2. The van der Waals surface area contributed by atoms with Gasteiger partial charge in [-0.25, -0.2) is 0 Å². The molecule has 0 spiro atoms. The third-order valence-electron chi connectivity index (χ3n) is 5.05. The lowest BCUT2D eigenvalue weighted by molar-refractivity contribution is 0.133. The van der Waals surface area contributed by atoms with E-state index in [4.69, 9.17) is 9.47 Å². The van der Waals surface area contributed by atoms with E-state index in [0.717, 1.165) is 11.5 Å². The van der Waals surface area contributed by atoms with Gasteiger partial charge in [0.1, 0.15) is 0 Å². The first-order chi connectivity index (χ1) is 9.90. The van der Waals surface area contributed by atoms with Crippen LogP contribution in [0, 0.1) is 5.92 Å². The Labute approximate surface area is 117 Å². The molecule has 20 heavy (non-hydrogen) atoms. The van der Waals surface area contributed by atoms with Gasteiger partial charge in [-0.3, -0.25) is 4.90 Å². The number of piperidine rings is 3. The molecule has 104 valence electrons. The second kappa shape index (κ2) is 3.88. The molecule has 2 bridgehead atoms. The van der Waals surface area contributed by atoms with E-state index in [2.05, 4.69) is 27.6 Å². The van der Waals surface area contributed by atoms with Gasteiger partial charge < -0.3 is 14.9 Å². The van der Waals surface area contributed by atoms with E-state index in [1.165, 1.54) is 37.2 Å². The fourth-order valence-electron chi connectivity index (χ4n) is 4.02. The van der Waals surface area contributed by atoms with E-state index in [9.17, 15) is 0 Å². The van der Waals surface area contributed by atoms with E-state index in [1.54, 1.807) is 0 Å². The number of nitrogens with zero attached hydrogens (tertiary/aromatic N) is 2. The minimum Gasteiger partial charge on any atom is -0.454 e. The minimum atomic E-state index is 0.252. The first-order valence-electron chi connectivity index (χ1n) is 7.37. The maximum Gasteiger partial charge on any atom is 0.231 e. The van der Waals surface area contributed by atoms with Crippen molar-refractivity contribution in [2.75, 3.05) is 19.9 Å². The zero-order valence-corrected chi connectivity index (χ0v) is 11.2. The summed E-state index contributed by atoms with van der Waals surface area (Å²) < 4.78 is 10.9. The predicted octanol–water partition coefficient (Wildman–Crippen LogP) is 1.51. The summed E-state index contributed by atoms with van der Waals surface area (Å²) in [6, 6.07) is 6.92. The molecule has 5 aliphatic rings. The number of hydrogen-bond acceptors (Lipinski definition) is 5. The third kappa shape index (κ3) is 1.38. The van der Waals surface area contributed by atoms with Crippen LogP contribution in [-0.4, -0.2) is 36.5 Å². The van der Waals surface area contributed by atoms with Gasteiger partial charge in [0, 0.05) is 5.92 Å². The molecule has 0 aliphatic carbocycles. The molecule has 5 heteroatoms. The SMILES string of the molecule is c1cc2c(cc1[C@@H]1NN=C3C4CCN(CC4)[C@@H]31)OCO2. The van der Waals surface area contributed by atoms with Gasteiger partial charge in [-0.15, -0.1) is 0 Å². The molecule has 0 amide bonds. The normalized spacial score (nSPS) is 36.5. The Bertz CT molecular complexity index is 593. The Morgan fingerprint density at radius 3 is 2.90 bits per heavy atom. The van der Waals surface area contributed by atoms with Crippen LogP contribution in [0.25, 0.3) is 0 Å². The van der Waals surface area contributed by atoms with E-state index in [1.807, 2.05) is 6.07 Å². The van der Waals surface area contributed by atoms with Gasteiger partial charge >= 0.3 is 0 Å². The molecule has 5 heterocycles. The van der Waals surface area contributed by atoms with Crippen molar-refractivity contribution in [1.29, 1.82) is 0 Å². The average molecular weight is 271 g/mol. The van der Waals surface area contributed by atoms with E-state index < -0.39 is 0 Å². The Hall–Kier alpha value is -1.75. The molecule has 0 radical (unpaired) electrons. The van der Waals surface area contributed by atoms with Crippen molar-refractivity contribution < 1.29 is 9.47 Å². The summed E-state index contributed by atoms with van der Waals surface area (Å²) in [5.74, 6) is 2.39. The summed E-state index contributed by atoms with van der Waals surface area (Å²) in [6.45, 7) is 2.74. The topological polar surface area (TPSA) is 46.1 Å². The van der Waals surface area contributed by atoms with Gasteiger partial charge in [-0.1, -0.05) is 6.07 Å². The van der Waals surface area contributed by atoms with Gasteiger partial charge in [0.2, 0.25) is 6.79 Å². The van der Waals surface area contributed by atoms with Crippen LogP contribution >= 0.6 is 0 Å². The maximum absolute atomic E-state index is 5.50. The molecule has 5 aliphatic heterocycles. The number of benzene rings is 1. The molecule has 0 saturated carbocycles. The van der Waals surface area contributed by atoms with Gasteiger partial charge in [-0.2, -0.15) is 5.10 Å². The van der Waals surface area contributed by atoms with Crippen molar-refractivity contribution in [2.45, 2.75) is 24.9 Å². The average Bonchev–Trinajstić information content (AvgIpc) is 3.15. The van der Waals surface area contributed by atoms with E-state index in [-0.39, 0.29) is 6.04 Å².